The molecule has 3 heteroatoms. The van der Waals surface area contributed by atoms with E-state index in [4.69, 9.17) is 4.98 Å². The van der Waals surface area contributed by atoms with Gasteiger partial charge in [-0.25, -0.2) is 4.98 Å². The first-order valence-corrected chi connectivity index (χ1v) is 6.90. The van der Waals surface area contributed by atoms with Gasteiger partial charge in [0.05, 0.1) is 5.69 Å². The van der Waals surface area contributed by atoms with Crippen LogP contribution in [0.25, 0.3) is 0 Å². The molecule has 0 aromatic carbocycles. The number of thiazole rings is 1. The molecule has 0 atom stereocenters. The van der Waals surface area contributed by atoms with Gasteiger partial charge in [-0.3, -0.25) is 0 Å². The maximum Gasteiger partial charge on any atom is 0.183 e. The van der Waals surface area contributed by atoms with Crippen LogP contribution in [-0.2, 0) is 11.8 Å². The Morgan fingerprint density at radius 3 is 2.62 bits per heavy atom. The van der Waals surface area contributed by atoms with Crippen LogP contribution in [0.1, 0.15) is 51.6 Å². The molecular weight excluding hydrogens is 216 g/mol. The lowest BCUT2D eigenvalue weighted by Crippen LogP contribution is -2.33. The highest BCUT2D eigenvalue weighted by Gasteiger charge is 2.39. The van der Waals surface area contributed by atoms with Crippen LogP contribution in [0.4, 0.5) is 5.13 Å². The molecule has 0 bridgehead atoms. The van der Waals surface area contributed by atoms with Crippen molar-refractivity contribution in [2.24, 2.45) is 5.41 Å². The van der Waals surface area contributed by atoms with Gasteiger partial charge >= 0.3 is 0 Å². The number of aromatic nitrogens is 1. The van der Waals surface area contributed by atoms with Crippen LogP contribution in [-0.4, -0.2) is 11.5 Å². The summed E-state index contributed by atoms with van der Waals surface area (Å²) < 4.78 is 0. The molecule has 0 saturated carbocycles. The smallest absolute Gasteiger partial charge is 0.183 e. The zero-order chi connectivity index (χ0) is 12.0. The van der Waals surface area contributed by atoms with Crippen LogP contribution in [0.2, 0.25) is 0 Å². The summed E-state index contributed by atoms with van der Waals surface area (Å²) in [5.41, 5.74) is 1.98. The van der Waals surface area contributed by atoms with Crippen molar-refractivity contribution in [2.75, 3.05) is 11.9 Å². The third-order valence-corrected chi connectivity index (χ3v) is 4.63. The summed E-state index contributed by atoms with van der Waals surface area (Å²) in [5, 5.41) is 4.43. The second-order valence-corrected chi connectivity index (χ2v) is 7.23. The van der Waals surface area contributed by atoms with Gasteiger partial charge in [-0.15, -0.1) is 11.3 Å². The van der Waals surface area contributed by atoms with Crippen LogP contribution in [0.3, 0.4) is 0 Å². The Bertz CT molecular complexity index is 391. The Labute approximate surface area is 102 Å². The largest absolute Gasteiger partial charge is 0.362 e. The summed E-state index contributed by atoms with van der Waals surface area (Å²) in [6.45, 7) is 12.5. The summed E-state index contributed by atoms with van der Waals surface area (Å²) in [5.74, 6) is 0. The van der Waals surface area contributed by atoms with E-state index < -0.39 is 0 Å². The van der Waals surface area contributed by atoms with Crippen LogP contribution in [0.15, 0.2) is 0 Å². The van der Waals surface area contributed by atoms with Crippen molar-refractivity contribution in [3.8, 4) is 0 Å². The highest BCUT2D eigenvalue weighted by Crippen LogP contribution is 2.48. The lowest BCUT2D eigenvalue weighted by molar-refractivity contribution is 0.232. The SMILES string of the molecule is CCNc1nc2c(s1)C(C)(C)CC(C)(C)C2. The number of nitrogens with one attached hydrogen (secondary N) is 1. The molecule has 1 aliphatic rings. The normalized spacial score (nSPS) is 21.6. The minimum absolute atomic E-state index is 0.280. The molecule has 0 aliphatic heterocycles. The first kappa shape index (κ1) is 11.9. The maximum absolute atomic E-state index is 4.74. The molecule has 16 heavy (non-hydrogen) atoms. The van der Waals surface area contributed by atoms with Crippen molar-refractivity contribution in [1.82, 2.24) is 4.98 Å². The van der Waals surface area contributed by atoms with Crippen molar-refractivity contribution in [3.63, 3.8) is 0 Å². The van der Waals surface area contributed by atoms with Crippen LogP contribution in [0, 0.1) is 5.41 Å². The lowest BCUT2D eigenvalue weighted by Gasteiger charge is -2.39. The molecule has 90 valence electrons. The van der Waals surface area contributed by atoms with Gasteiger partial charge in [-0.1, -0.05) is 27.7 Å². The monoisotopic (exact) mass is 238 g/mol. The second-order valence-electron chi connectivity index (χ2n) is 6.23. The second kappa shape index (κ2) is 3.73. The van der Waals surface area contributed by atoms with Crippen molar-refractivity contribution in [3.05, 3.63) is 10.6 Å². The summed E-state index contributed by atoms with van der Waals surface area (Å²) in [7, 11) is 0. The number of nitrogens with zero attached hydrogens (tertiary/aromatic N) is 1. The average molecular weight is 238 g/mol. The Morgan fingerprint density at radius 2 is 2.00 bits per heavy atom. The van der Waals surface area contributed by atoms with Gasteiger partial charge in [0.25, 0.3) is 0 Å². The molecule has 1 N–H and O–H groups in total. The van der Waals surface area contributed by atoms with Gasteiger partial charge in [0.15, 0.2) is 5.13 Å². The Hall–Kier alpha value is -0.570. The predicted molar refractivity (Wildman–Crippen MR) is 71.4 cm³/mol. The van der Waals surface area contributed by atoms with Crippen molar-refractivity contribution >= 4 is 16.5 Å². The quantitative estimate of drug-likeness (QED) is 0.847. The fourth-order valence-electron chi connectivity index (χ4n) is 3.02. The van der Waals surface area contributed by atoms with Crippen molar-refractivity contribution in [1.29, 1.82) is 0 Å². The number of hydrogen-bond donors (Lipinski definition) is 1. The molecule has 0 radical (unpaired) electrons. The lowest BCUT2D eigenvalue weighted by atomic mass is 9.67. The Kier molecular flexibility index (Phi) is 2.77. The van der Waals surface area contributed by atoms with E-state index in [0.29, 0.717) is 5.41 Å². The molecule has 2 nitrogen and oxygen atoms in total. The average Bonchev–Trinajstić information content (AvgIpc) is 2.45. The van der Waals surface area contributed by atoms with E-state index in [-0.39, 0.29) is 5.41 Å². The molecule has 1 aromatic heterocycles. The molecule has 0 saturated heterocycles. The Balaban J connectivity index is 2.40. The van der Waals surface area contributed by atoms with E-state index in [9.17, 15) is 0 Å². The summed E-state index contributed by atoms with van der Waals surface area (Å²) in [4.78, 5) is 6.23. The van der Waals surface area contributed by atoms with Gasteiger partial charge in [0, 0.05) is 16.8 Å². The first-order chi connectivity index (χ1) is 7.34. The van der Waals surface area contributed by atoms with E-state index in [1.807, 2.05) is 11.3 Å². The highest BCUT2D eigenvalue weighted by molar-refractivity contribution is 7.15. The van der Waals surface area contributed by atoms with Gasteiger partial charge in [0.1, 0.15) is 0 Å². The number of hydrogen-bond acceptors (Lipinski definition) is 3. The molecule has 1 aromatic rings. The Morgan fingerprint density at radius 1 is 1.31 bits per heavy atom. The number of fused-ring (bicyclic) bond motifs is 1. The molecule has 0 unspecified atom stereocenters. The number of anilines is 1. The fourth-order valence-corrected chi connectivity index (χ4v) is 4.17. The third kappa shape index (κ3) is 2.10. The van der Waals surface area contributed by atoms with Gasteiger partial charge in [-0.05, 0) is 25.2 Å². The zero-order valence-corrected chi connectivity index (χ0v) is 11.8. The summed E-state index contributed by atoms with van der Waals surface area (Å²) >= 11 is 1.85. The topological polar surface area (TPSA) is 24.9 Å². The minimum atomic E-state index is 0.280. The molecule has 0 spiro atoms. The third-order valence-electron chi connectivity index (χ3n) is 3.21. The molecule has 1 aliphatic carbocycles. The van der Waals surface area contributed by atoms with E-state index in [2.05, 4.69) is 39.9 Å². The van der Waals surface area contributed by atoms with E-state index in [1.165, 1.54) is 17.0 Å². The molecule has 2 rings (SSSR count). The molecule has 0 amide bonds. The predicted octanol–water partition coefficient (Wildman–Crippen LogP) is 3.82. The van der Waals surface area contributed by atoms with Crippen LogP contribution < -0.4 is 5.32 Å². The first-order valence-electron chi connectivity index (χ1n) is 6.08. The zero-order valence-electron chi connectivity index (χ0n) is 11.0. The van der Waals surface area contributed by atoms with E-state index in [1.54, 1.807) is 0 Å². The fraction of sp³-hybridized carbons (Fsp3) is 0.769. The highest BCUT2D eigenvalue weighted by atomic mass is 32.1. The van der Waals surface area contributed by atoms with Crippen molar-refractivity contribution < 1.29 is 0 Å². The van der Waals surface area contributed by atoms with Crippen molar-refractivity contribution in [2.45, 2.75) is 52.9 Å². The van der Waals surface area contributed by atoms with Crippen LogP contribution >= 0.6 is 11.3 Å². The van der Waals surface area contributed by atoms with Gasteiger partial charge in [-0.2, -0.15) is 0 Å². The molecular formula is C13H22N2S. The molecule has 0 fully saturated rings. The number of rotatable bonds is 2. The van der Waals surface area contributed by atoms with Crippen LogP contribution in [0.5, 0.6) is 0 Å². The van der Waals surface area contributed by atoms with Gasteiger partial charge < -0.3 is 5.32 Å². The minimum Gasteiger partial charge on any atom is -0.362 e. The van der Waals surface area contributed by atoms with E-state index in [0.717, 1.165) is 18.1 Å². The summed E-state index contributed by atoms with van der Waals surface area (Å²) in [6, 6.07) is 0. The van der Waals surface area contributed by atoms with E-state index >= 15 is 0 Å². The summed E-state index contributed by atoms with van der Waals surface area (Å²) in [6.07, 6.45) is 2.37. The maximum atomic E-state index is 4.74. The van der Waals surface area contributed by atoms with Gasteiger partial charge in [0.2, 0.25) is 0 Å². The standard InChI is InChI=1S/C13H22N2S/c1-6-14-11-15-9-7-12(2,3)8-13(4,5)10(9)16-11/h6-8H2,1-5H3,(H,14,15). The molecule has 1 heterocycles.